The summed E-state index contributed by atoms with van der Waals surface area (Å²) in [6.45, 7) is 0. The highest BCUT2D eigenvalue weighted by molar-refractivity contribution is 5.78. The minimum absolute atomic E-state index is 0.151. The largest absolute Gasteiger partial charge is 0.470 e. The van der Waals surface area contributed by atoms with Crippen LogP contribution in [0.3, 0.4) is 0 Å². The van der Waals surface area contributed by atoms with Crippen molar-refractivity contribution in [1.29, 1.82) is 0 Å². The van der Waals surface area contributed by atoms with Crippen LogP contribution in [0.15, 0.2) is 51.3 Å². The van der Waals surface area contributed by atoms with Gasteiger partial charge in [-0.2, -0.15) is 0 Å². The Kier molecular flexibility index (Phi) is 2.86. The van der Waals surface area contributed by atoms with Gasteiger partial charge in [-0.25, -0.2) is 0 Å². The number of aromatic nitrogens is 1. The molecule has 0 N–H and O–H groups in total. The fraction of sp³-hybridized carbons (Fsp3) is 0.0909. The Morgan fingerprint density at radius 1 is 1.50 bits per heavy atom. The van der Waals surface area contributed by atoms with Crippen molar-refractivity contribution in [1.82, 2.24) is 4.57 Å². The molecule has 16 heavy (non-hydrogen) atoms. The molecule has 0 aromatic carbocycles. The second kappa shape index (κ2) is 4.48. The molecule has 0 bridgehead atoms. The number of oxime groups is 1. The minimum atomic E-state index is -0.151. The Labute approximate surface area is 91.6 Å². The minimum Gasteiger partial charge on any atom is -0.470 e. The number of hydrogen-bond acceptors (Lipinski definition) is 4. The SMILES string of the molecule is CON=Cc1ccn(-c2ccoc2)c(=O)c1. The first-order valence-electron chi connectivity index (χ1n) is 4.63. The van der Waals surface area contributed by atoms with E-state index < -0.39 is 0 Å². The summed E-state index contributed by atoms with van der Waals surface area (Å²) >= 11 is 0. The summed E-state index contributed by atoms with van der Waals surface area (Å²) < 4.78 is 6.39. The van der Waals surface area contributed by atoms with Gasteiger partial charge in [0.2, 0.25) is 0 Å². The highest BCUT2D eigenvalue weighted by atomic mass is 16.6. The van der Waals surface area contributed by atoms with Crippen LogP contribution >= 0.6 is 0 Å². The summed E-state index contributed by atoms with van der Waals surface area (Å²) in [5, 5.41) is 3.58. The fourth-order valence-electron chi connectivity index (χ4n) is 1.30. The molecular weight excluding hydrogens is 208 g/mol. The molecule has 2 heterocycles. The van der Waals surface area contributed by atoms with Gasteiger partial charge in [0, 0.05) is 23.9 Å². The normalized spacial score (nSPS) is 10.8. The van der Waals surface area contributed by atoms with Crippen LogP contribution in [-0.4, -0.2) is 17.9 Å². The molecule has 0 atom stereocenters. The third kappa shape index (κ3) is 2.03. The van der Waals surface area contributed by atoms with Gasteiger partial charge in [-0.1, -0.05) is 5.16 Å². The molecule has 0 radical (unpaired) electrons. The molecule has 2 rings (SSSR count). The third-order valence-electron chi connectivity index (χ3n) is 2.04. The number of pyridine rings is 1. The molecule has 0 saturated heterocycles. The zero-order valence-electron chi connectivity index (χ0n) is 8.66. The average Bonchev–Trinajstić information content (AvgIpc) is 2.80. The predicted molar refractivity (Wildman–Crippen MR) is 58.9 cm³/mol. The van der Waals surface area contributed by atoms with Gasteiger partial charge in [0.05, 0.1) is 18.2 Å². The standard InChI is InChI=1S/C11H10N2O3/c1-15-12-7-9-2-4-13(11(14)6-9)10-3-5-16-8-10/h2-8H,1H3. The van der Waals surface area contributed by atoms with Crippen LogP contribution in [0.25, 0.3) is 5.69 Å². The maximum absolute atomic E-state index is 11.7. The van der Waals surface area contributed by atoms with Gasteiger partial charge in [0.15, 0.2) is 0 Å². The smallest absolute Gasteiger partial charge is 0.255 e. The lowest BCUT2D eigenvalue weighted by Crippen LogP contribution is -2.16. The second-order valence-electron chi connectivity index (χ2n) is 3.07. The zero-order valence-corrected chi connectivity index (χ0v) is 8.66. The van der Waals surface area contributed by atoms with Crippen LogP contribution < -0.4 is 5.56 Å². The molecule has 0 aliphatic heterocycles. The van der Waals surface area contributed by atoms with E-state index in [0.29, 0.717) is 11.3 Å². The van der Waals surface area contributed by atoms with E-state index in [1.165, 1.54) is 36.5 Å². The molecule has 0 saturated carbocycles. The van der Waals surface area contributed by atoms with Gasteiger partial charge >= 0.3 is 0 Å². The summed E-state index contributed by atoms with van der Waals surface area (Å²) in [5.74, 6) is 0. The van der Waals surface area contributed by atoms with Gasteiger partial charge < -0.3 is 9.25 Å². The van der Waals surface area contributed by atoms with E-state index in [1.807, 2.05) is 0 Å². The first-order valence-corrected chi connectivity index (χ1v) is 4.63. The van der Waals surface area contributed by atoms with Crippen LogP contribution in [0.1, 0.15) is 5.56 Å². The molecule has 0 spiro atoms. The lowest BCUT2D eigenvalue weighted by Gasteiger charge is -2.01. The molecule has 0 aliphatic rings. The lowest BCUT2D eigenvalue weighted by atomic mass is 10.3. The Hall–Kier alpha value is -2.30. The van der Waals surface area contributed by atoms with Crippen LogP contribution in [0.5, 0.6) is 0 Å². The van der Waals surface area contributed by atoms with Gasteiger partial charge in [-0.3, -0.25) is 9.36 Å². The van der Waals surface area contributed by atoms with Gasteiger partial charge in [0.25, 0.3) is 5.56 Å². The number of furan rings is 1. The van der Waals surface area contributed by atoms with Crippen molar-refractivity contribution in [3.05, 3.63) is 52.8 Å². The number of hydrogen-bond donors (Lipinski definition) is 0. The van der Waals surface area contributed by atoms with Crippen molar-refractivity contribution < 1.29 is 9.25 Å². The summed E-state index contributed by atoms with van der Waals surface area (Å²) in [6, 6.07) is 4.94. The summed E-state index contributed by atoms with van der Waals surface area (Å²) in [5.41, 5.74) is 1.23. The van der Waals surface area contributed by atoms with Crippen LogP contribution in [0.2, 0.25) is 0 Å². The Bertz CT molecular complexity index is 541. The Morgan fingerprint density at radius 2 is 2.38 bits per heavy atom. The van der Waals surface area contributed by atoms with Crippen LogP contribution in [-0.2, 0) is 4.84 Å². The Morgan fingerprint density at radius 3 is 3.00 bits per heavy atom. The van der Waals surface area contributed by atoms with Crippen molar-refractivity contribution in [2.45, 2.75) is 0 Å². The van der Waals surface area contributed by atoms with E-state index in [2.05, 4.69) is 9.99 Å². The molecular formula is C11H10N2O3. The molecule has 5 nitrogen and oxygen atoms in total. The Balaban J connectivity index is 2.38. The van der Waals surface area contributed by atoms with Gasteiger partial charge in [0.1, 0.15) is 13.4 Å². The van der Waals surface area contributed by atoms with E-state index in [1.54, 1.807) is 18.3 Å². The maximum Gasteiger partial charge on any atom is 0.255 e. The van der Waals surface area contributed by atoms with E-state index in [-0.39, 0.29) is 5.56 Å². The summed E-state index contributed by atoms with van der Waals surface area (Å²) in [4.78, 5) is 16.3. The number of rotatable bonds is 3. The van der Waals surface area contributed by atoms with E-state index in [4.69, 9.17) is 4.42 Å². The van der Waals surface area contributed by atoms with Crippen molar-refractivity contribution in [3.8, 4) is 5.69 Å². The monoisotopic (exact) mass is 218 g/mol. The van der Waals surface area contributed by atoms with Gasteiger partial charge in [-0.05, 0) is 6.07 Å². The highest BCUT2D eigenvalue weighted by Gasteiger charge is 2.00. The third-order valence-corrected chi connectivity index (χ3v) is 2.04. The molecule has 0 unspecified atom stereocenters. The van der Waals surface area contributed by atoms with Gasteiger partial charge in [-0.15, -0.1) is 0 Å². The van der Waals surface area contributed by atoms with E-state index in [9.17, 15) is 4.79 Å². The quantitative estimate of drug-likeness (QED) is 0.578. The van der Waals surface area contributed by atoms with E-state index >= 15 is 0 Å². The molecule has 2 aromatic rings. The molecule has 0 aliphatic carbocycles. The lowest BCUT2D eigenvalue weighted by molar-refractivity contribution is 0.215. The molecule has 0 fully saturated rings. The average molecular weight is 218 g/mol. The van der Waals surface area contributed by atoms with Crippen molar-refractivity contribution in [2.75, 3.05) is 7.11 Å². The highest BCUT2D eigenvalue weighted by Crippen LogP contribution is 2.04. The van der Waals surface area contributed by atoms with Crippen molar-refractivity contribution in [3.63, 3.8) is 0 Å². The second-order valence-corrected chi connectivity index (χ2v) is 3.07. The molecule has 2 aromatic heterocycles. The fourth-order valence-corrected chi connectivity index (χ4v) is 1.30. The molecule has 5 heteroatoms. The molecule has 82 valence electrons. The van der Waals surface area contributed by atoms with E-state index in [0.717, 1.165) is 0 Å². The van der Waals surface area contributed by atoms with Crippen LogP contribution in [0.4, 0.5) is 0 Å². The number of nitrogens with zero attached hydrogens (tertiary/aromatic N) is 2. The summed E-state index contributed by atoms with van der Waals surface area (Å²) in [6.07, 6.45) is 6.15. The van der Waals surface area contributed by atoms with Crippen molar-refractivity contribution in [2.24, 2.45) is 5.16 Å². The maximum atomic E-state index is 11.7. The van der Waals surface area contributed by atoms with Crippen LogP contribution in [0, 0.1) is 0 Å². The molecule has 0 amide bonds. The first-order chi connectivity index (χ1) is 7.81. The zero-order chi connectivity index (χ0) is 11.4. The predicted octanol–water partition coefficient (Wildman–Crippen LogP) is 1.41. The van der Waals surface area contributed by atoms with Crippen molar-refractivity contribution >= 4 is 6.21 Å². The topological polar surface area (TPSA) is 56.7 Å². The summed E-state index contributed by atoms with van der Waals surface area (Å²) in [7, 11) is 1.45. The first kappa shape index (κ1) is 10.2.